The highest BCUT2D eigenvalue weighted by atomic mass is 16.5. The molecule has 0 saturated carbocycles. The van der Waals surface area contributed by atoms with E-state index >= 15 is 0 Å². The minimum Gasteiger partial charge on any atom is -0.494 e. The molecule has 8 nitrogen and oxygen atoms in total. The van der Waals surface area contributed by atoms with E-state index in [-0.39, 0.29) is 0 Å². The zero-order valence-electron chi connectivity index (χ0n) is 14.7. The van der Waals surface area contributed by atoms with Gasteiger partial charge in [-0.15, -0.1) is 0 Å². The second-order valence-corrected chi connectivity index (χ2v) is 5.07. The molecule has 0 aromatic heterocycles. The molecule has 0 atom stereocenters. The fourth-order valence-electron chi connectivity index (χ4n) is 1.97. The van der Waals surface area contributed by atoms with Crippen molar-refractivity contribution < 1.29 is 19.1 Å². The van der Waals surface area contributed by atoms with Crippen molar-refractivity contribution in [2.24, 2.45) is 0 Å². The summed E-state index contributed by atoms with van der Waals surface area (Å²) in [5.41, 5.74) is 11.2. The molecular weight excluding hydrogens is 336 g/mol. The summed E-state index contributed by atoms with van der Waals surface area (Å²) in [5.74, 6) is -0.224. The molecule has 0 unspecified atom stereocenters. The summed E-state index contributed by atoms with van der Waals surface area (Å²) in [6.45, 7) is 4.94. The Morgan fingerprint density at radius 3 is 1.35 bits per heavy atom. The van der Waals surface area contributed by atoms with Gasteiger partial charge in [-0.2, -0.15) is 0 Å². The van der Waals surface area contributed by atoms with Crippen molar-refractivity contribution in [3.63, 3.8) is 0 Å². The number of benzene rings is 2. The van der Waals surface area contributed by atoms with Crippen LogP contribution < -0.4 is 31.2 Å². The minimum absolute atomic E-state index is 0.574. The Kier molecular flexibility index (Phi) is 7.11. The van der Waals surface area contributed by atoms with Gasteiger partial charge in [0.05, 0.1) is 24.6 Å². The van der Waals surface area contributed by atoms with Gasteiger partial charge < -0.3 is 9.47 Å². The van der Waals surface area contributed by atoms with Gasteiger partial charge in [0.25, 0.3) is 0 Å². The predicted molar refractivity (Wildman–Crippen MR) is 98.8 cm³/mol. The molecule has 26 heavy (non-hydrogen) atoms. The van der Waals surface area contributed by atoms with Crippen LogP contribution in [0.5, 0.6) is 11.5 Å². The van der Waals surface area contributed by atoms with Gasteiger partial charge in [0.2, 0.25) is 0 Å². The minimum atomic E-state index is -0.836. The van der Waals surface area contributed by atoms with Crippen molar-refractivity contribution in [3.05, 3.63) is 48.5 Å². The smallest absolute Gasteiger partial charge is 0.329 e. The lowest BCUT2D eigenvalue weighted by atomic mass is 10.3. The standard InChI is InChI=1S/C18H22N4O4/c1-3-25-15-9-5-13(6-10-15)19-21-17(23)18(24)22-20-14-7-11-16(12-8-14)26-4-2/h5-12,19-20H,3-4H2,1-2H3,(H,21,23)(H,22,24). The van der Waals surface area contributed by atoms with E-state index in [0.29, 0.717) is 24.6 Å². The number of carbonyl (C=O) groups excluding carboxylic acids is 2. The highest BCUT2D eigenvalue weighted by Crippen LogP contribution is 2.15. The van der Waals surface area contributed by atoms with E-state index in [1.54, 1.807) is 48.5 Å². The number of amides is 2. The molecule has 0 bridgehead atoms. The van der Waals surface area contributed by atoms with Crippen LogP contribution in [-0.2, 0) is 9.59 Å². The molecule has 138 valence electrons. The summed E-state index contributed by atoms with van der Waals surface area (Å²) in [6.07, 6.45) is 0. The summed E-state index contributed by atoms with van der Waals surface area (Å²) < 4.78 is 10.6. The molecule has 2 amide bonds. The SMILES string of the molecule is CCOc1ccc(NNC(=O)C(=O)NNc2ccc(OCC)cc2)cc1. The number of anilines is 2. The Balaban J connectivity index is 1.75. The van der Waals surface area contributed by atoms with E-state index in [1.807, 2.05) is 13.8 Å². The summed E-state index contributed by atoms with van der Waals surface area (Å²) in [7, 11) is 0. The molecule has 4 N–H and O–H groups in total. The van der Waals surface area contributed by atoms with Crippen LogP contribution in [0.1, 0.15) is 13.8 Å². The van der Waals surface area contributed by atoms with Crippen LogP contribution in [0.25, 0.3) is 0 Å². The van der Waals surface area contributed by atoms with E-state index in [1.165, 1.54) is 0 Å². The lowest BCUT2D eigenvalue weighted by Gasteiger charge is -2.11. The number of rotatable bonds is 8. The van der Waals surface area contributed by atoms with Crippen LogP contribution in [0.2, 0.25) is 0 Å². The number of hydrogen-bond acceptors (Lipinski definition) is 6. The fraction of sp³-hybridized carbons (Fsp3) is 0.222. The van der Waals surface area contributed by atoms with Crippen molar-refractivity contribution in [2.45, 2.75) is 13.8 Å². The van der Waals surface area contributed by atoms with Crippen molar-refractivity contribution in [1.29, 1.82) is 0 Å². The third kappa shape index (κ3) is 5.90. The second kappa shape index (κ2) is 9.77. The molecule has 2 aromatic carbocycles. The van der Waals surface area contributed by atoms with Crippen LogP contribution in [-0.4, -0.2) is 25.0 Å². The second-order valence-electron chi connectivity index (χ2n) is 5.07. The van der Waals surface area contributed by atoms with E-state index < -0.39 is 11.8 Å². The number of hydrogen-bond donors (Lipinski definition) is 4. The van der Waals surface area contributed by atoms with Crippen molar-refractivity contribution in [3.8, 4) is 11.5 Å². The van der Waals surface area contributed by atoms with Gasteiger partial charge in [-0.25, -0.2) is 0 Å². The van der Waals surface area contributed by atoms with Gasteiger partial charge in [0.1, 0.15) is 11.5 Å². The summed E-state index contributed by atoms with van der Waals surface area (Å²) >= 11 is 0. The monoisotopic (exact) mass is 358 g/mol. The summed E-state index contributed by atoms with van der Waals surface area (Å²) in [4.78, 5) is 23.6. The average molecular weight is 358 g/mol. The lowest BCUT2D eigenvalue weighted by Crippen LogP contribution is -2.44. The maximum Gasteiger partial charge on any atom is 0.329 e. The first-order chi connectivity index (χ1) is 12.6. The quantitative estimate of drug-likeness (QED) is 0.426. The third-order valence-corrected chi connectivity index (χ3v) is 3.18. The molecule has 0 aliphatic heterocycles. The first kappa shape index (κ1) is 18.9. The average Bonchev–Trinajstić information content (AvgIpc) is 2.67. The summed E-state index contributed by atoms with van der Waals surface area (Å²) in [5, 5.41) is 0. The predicted octanol–water partition coefficient (Wildman–Crippen LogP) is 2.07. The van der Waals surface area contributed by atoms with E-state index in [4.69, 9.17) is 9.47 Å². The first-order valence-electron chi connectivity index (χ1n) is 8.20. The lowest BCUT2D eigenvalue weighted by molar-refractivity contribution is -0.138. The molecule has 0 spiro atoms. The highest BCUT2D eigenvalue weighted by molar-refractivity contribution is 6.35. The Morgan fingerprint density at radius 2 is 1.04 bits per heavy atom. The number of nitrogens with one attached hydrogen (secondary N) is 4. The third-order valence-electron chi connectivity index (χ3n) is 3.18. The Morgan fingerprint density at radius 1 is 0.692 bits per heavy atom. The van der Waals surface area contributed by atoms with Gasteiger partial charge in [-0.3, -0.25) is 31.3 Å². The number of hydrazine groups is 2. The van der Waals surface area contributed by atoms with Crippen LogP contribution >= 0.6 is 0 Å². The topological polar surface area (TPSA) is 101 Å². The summed E-state index contributed by atoms with van der Waals surface area (Å²) in [6, 6.07) is 13.9. The molecule has 0 radical (unpaired) electrons. The molecule has 0 aliphatic carbocycles. The van der Waals surface area contributed by atoms with E-state index in [9.17, 15) is 9.59 Å². The van der Waals surface area contributed by atoms with E-state index in [2.05, 4.69) is 21.7 Å². The Bertz CT molecular complexity index is 653. The zero-order valence-corrected chi connectivity index (χ0v) is 14.7. The Hall–Kier alpha value is -3.42. The highest BCUT2D eigenvalue weighted by Gasteiger charge is 2.12. The Labute approximate surface area is 151 Å². The molecule has 0 heterocycles. The van der Waals surface area contributed by atoms with E-state index in [0.717, 1.165) is 11.5 Å². The zero-order chi connectivity index (χ0) is 18.8. The van der Waals surface area contributed by atoms with Gasteiger partial charge >= 0.3 is 11.8 Å². The molecule has 0 aliphatic rings. The van der Waals surface area contributed by atoms with Crippen LogP contribution in [0.4, 0.5) is 11.4 Å². The number of ether oxygens (including phenoxy) is 2. The van der Waals surface area contributed by atoms with Crippen LogP contribution in [0.15, 0.2) is 48.5 Å². The molecular formula is C18H22N4O4. The number of carbonyl (C=O) groups is 2. The maximum atomic E-state index is 11.8. The molecule has 8 heteroatoms. The van der Waals surface area contributed by atoms with Crippen LogP contribution in [0.3, 0.4) is 0 Å². The van der Waals surface area contributed by atoms with Crippen molar-refractivity contribution in [2.75, 3.05) is 24.1 Å². The molecule has 2 rings (SSSR count). The van der Waals surface area contributed by atoms with Gasteiger partial charge in [0, 0.05) is 0 Å². The van der Waals surface area contributed by atoms with Gasteiger partial charge in [0.15, 0.2) is 0 Å². The fourth-order valence-corrected chi connectivity index (χ4v) is 1.97. The van der Waals surface area contributed by atoms with Crippen molar-refractivity contribution >= 4 is 23.2 Å². The van der Waals surface area contributed by atoms with Crippen LogP contribution in [0, 0.1) is 0 Å². The molecule has 2 aromatic rings. The largest absolute Gasteiger partial charge is 0.494 e. The molecule has 0 fully saturated rings. The van der Waals surface area contributed by atoms with Gasteiger partial charge in [-0.1, -0.05) is 0 Å². The normalized spacial score (nSPS) is 9.77. The van der Waals surface area contributed by atoms with Crippen molar-refractivity contribution in [1.82, 2.24) is 10.9 Å². The van der Waals surface area contributed by atoms with Gasteiger partial charge in [-0.05, 0) is 62.4 Å². The molecule has 0 saturated heterocycles. The first-order valence-corrected chi connectivity index (χ1v) is 8.20. The maximum absolute atomic E-state index is 11.8.